The van der Waals surface area contributed by atoms with Gasteiger partial charge in [-0.15, -0.1) is 0 Å². The predicted molar refractivity (Wildman–Crippen MR) is 22.7 cm³/mol. The average Bonchev–Trinajstić information content (AvgIpc) is 1.46. The summed E-state index contributed by atoms with van der Waals surface area (Å²) in [5.41, 5.74) is 4.50. The summed E-state index contributed by atoms with van der Waals surface area (Å²) in [5.74, 6) is 0. The van der Waals surface area contributed by atoms with Crippen LogP contribution >= 0.6 is 8.69 Å². The van der Waals surface area contributed by atoms with Gasteiger partial charge in [-0.3, -0.25) is 4.57 Å². The summed E-state index contributed by atoms with van der Waals surface area (Å²) in [7, 11) is -0.000000000000000444. The fourth-order valence-corrected chi connectivity index (χ4v) is 0. The van der Waals surface area contributed by atoms with E-state index in [0.29, 0.717) is 0 Å². The largest absolute Gasteiger partial charge is 0.348 e. The van der Waals surface area contributed by atoms with Gasteiger partial charge in [0.05, 0.1) is 0 Å². The molecule has 0 saturated heterocycles. The number of rotatable bonds is 0. The van der Waals surface area contributed by atoms with Crippen LogP contribution in [0.5, 0.6) is 0 Å². The lowest BCUT2D eigenvalue weighted by Gasteiger charge is -1.33. The van der Waals surface area contributed by atoms with Gasteiger partial charge in [-0.25, -0.2) is 0 Å². The van der Waals surface area contributed by atoms with E-state index in [4.69, 9.17) is 9.46 Å². The maximum Gasteiger partial charge on any atom is 0.177 e. The van der Waals surface area contributed by atoms with Gasteiger partial charge < -0.3 is 10.6 Å². The minimum Gasteiger partial charge on any atom is -0.348 e. The van der Waals surface area contributed by atoms with Crippen molar-refractivity contribution in [1.29, 1.82) is 0 Å². The Labute approximate surface area is 32.1 Å². The highest BCUT2D eigenvalue weighted by Crippen LogP contribution is 1.66. The van der Waals surface area contributed by atoms with Crippen molar-refractivity contribution in [2.45, 2.75) is 0 Å². The van der Waals surface area contributed by atoms with Gasteiger partial charge in [0.15, 0.2) is 8.69 Å². The molecule has 0 aromatic rings. The van der Waals surface area contributed by atoms with E-state index in [2.05, 4.69) is 5.73 Å². The zero-order valence-electron chi connectivity index (χ0n) is 3.01. The molecular weight excluding hydrogens is 89.0 g/mol. The van der Waals surface area contributed by atoms with Gasteiger partial charge in [0.2, 0.25) is 0 Å². The van der Waals surface area contributed by atoms with Crippen LogP contribution in [0.4, 0.5) is 0 Å². The van der Waals surface area contributed by atoms with Crippen LogP contribution in [0.1, 0.15) is 0 Å². The van der Waals surface area contributed by atoms with Crippen LogP contribution in [0, 0.1) is 0 Å². The molecule has 0 aliphatic heterocycles. The highest BCUT2D eigenvalue weighted by molar-refractivity contribution is 7.16. The molecule has 0 heterocycles. The third-order valence-corrected chi connectivity index (χ3v) is 0. The Balaban J connectivity index is 0. The number of hydrogen-bond acceptors (Lipinski definition) is 2. The maximum atomic E-state index is 8.57. The molecule has 0 rings (SSSR count). The summed E-state index contributed by atoms with van der Waals surface area (Å²) in [6.45, 7) is 0. The van der Waals surface area contributed by atoms with E-state index in [0.717, 1.165) is 0 Å². The topological polar surface area (TPSA) is 63.3 Å². The molecule has 0 bridgehead atoms. The molecule has 0 radical (unpaired) electrons. The first kappa shape index (κ1) is 8.94. The van der Waals surface area contributed by atoms with Gasteiger partial charge in [-0.2, -0.15) is 0 Å². The van der Waals surface area contributed by atoms with Crippen molar-refractivity contribution >= 4 is 8.69 Å². The lowest BCUT2D eigenvalue weighted by molar-refractivity contribution is 0.524. The molecule has 0 aromatic carbocycles. The van der Waals surface area contributed by atoms with E-state index >= 15 is 0 Å². The van der Waals surface area contributed by atoms with Crippen LogP contribution in [-0.4, -0.2) is 11.9 Å². The first-order valence-corrected chi connectivity index (χ1v) is 2.06. The molecule has 0 spiro atoms. The predicted octanol–water partition coefficient (Wildman–Crippen LogP) is -0.775. The summed E-state index contributed by atoms with van der Waals surface area (Å²) in [4.78, 5) is 7.10. The van der Waals surface area contributed by atoms with E-state index in [1.165, 1.54) is 7.05 Å². The van der Waals surface area contributed by atoms with Crippen molar-refractivity contribution in [3.63, 3.8) is 0 Å². The van der Waals surface area contributed by atoms with Crippen molar-refractivity contribution in [2.24, 2.45) is 5.73 Å². The molecule has 0 aliphatic carbocycles. The SMILES string of the molecule is CN.O=[PH2]O. The first-order valence-electron chi connectivity index (χ1n) is 1.07. The van der Waals surface area contributed by atoms with Gasteiger partial charge >= 0.3 is 0 Å². The summed E-state index contributed by atoms with van der Waals surface area (Å²) >= 11 is 0. The fourth-order valence-electron chi connectivity index (χ4n) is 0. The molecule has 3 N–H and O–H groups in total. The lowest BCUT2D eigenvalue weighted by Crippen LogP contribution is -1.69. The summed E-state index contributed by atoms with van der Waals surface area (Å²) in [6.07, 6.45) is 0. The van der Waals surface area contributed by atoms with Crippen LogP contribution in [-0.2, 0) is 4.57 Å². The second-order valence-corrected chi connectivity index (χ2v) is 0.316. The zero-order chi connectivity index (χ0) is 4.71. The van der Waals surface area contributed by atoms with Crippen LogP contribution in [0.15, 0.2) is 0 Å². The first-order chi connectivity index (χ1) is 2.41. The molecule has 4 heteroatoms. The Hall–Kier alpha value is 0.150. The van der Waals surface area contributed by atoms with E-state index in [9.17, 15) is 0 Å². The van der Waals surface area contributed by atoms with Crippen LogP contribution in [0.2, 0.25) is 0 Å². The molecule has 1 unspecified atom stereocenters. The molecule has 5 heavy (non-hydrogen) atoms. The average molecular weight is 97.1 g/mol. The van der Waals surface area contributed by atoms with Crippen molar-refractivity contribution in [2.75, 3.05) is 7.05 Å². The van der Waals surface area contributed by atoms with Crippen molar-refractivity contribution in [3.8, 4) is 0 Å². The summed E-state index contributed by atoms with van der Waals surface area (Å²) in [5, 5.41) is 0. The zero-order valence-corrected chi connectivity index (χ0v) is 4.16. The van der Waals surface area contributed by atoms with Gasteiger partial charge in [-0.05, 0) is 7.05 Å². The normalized spacial score (nSPS) is 7.00. The Kier molecular flexibility index (Phi) is 55.7. The van der Waals surface area contributed by atoms with Gasteiger partial charge in [0, 0.05) is 0 Å². The van der Waals surface area contributed by atoms with E-state index in [1.54, 1.807) is 0 Å². The molecule has 0 saturated carbocycles. The Morgan fingerprint density at radius 1 is 1.80 bits per heavy atom. The molecule has 0 fully saturated rings. The van der Waals surface area contributed by atoms with Gasteiger partial charge in [-0.1, -0.05) is 0 Å². The van der Waals surface area contributed by atoms with Crippen molar-refractivity contribution in [3.05, 3.63) is 0 Å². The summed E-state index contributed by atoms with van der Waals surface area (Å²) < 4.78 is 8.57. The molecule has 1 atom stereocenters. The molecule has 3 nitrogen and oxygen atoms in total. The Bertz CT molecular complexity index is 17.1. The van der Waals surface area contributed by atoms with Gasteiger partial charge in [0.25, 0.3) is 0 Å². The highest BCUT2D eigenvalue weighted by atomic mass is 31.1. The van der Waals surface area contributed by atoms with Crippen LogP contribution in [0.25, 0.3) is 0 Å². The Morgan fingerprint density at radius 3 is 1.80 bits per heavy atom. The molecule has 34 valence electrons. The number of nitrogens with two attached hydrogens (primary N) is 1. The fraction of sp³-hybridized carbons (Fsp3) is 1.00. The second kappa shape index (κ2) is 31.1. The third-order valence-electron chi connectivity index (χ3n) is 0. The number of hydrogen-bond donors (Lipinski definition) is 2. The Morgan fingerprint density at radius 2 is 1.80 bits per heavy atom. The smallest absolute Gasteiger partial charge is 0.177 e. The van der Waals surface area contributed by atoms with Crippen LogP contribution in [0.3, 0.4) is 0 Å². The minimum atomic E-state index is -1.50. The molecule has 0 aromatic heterocycles. The highest BCUT2D eigenvalue weighted by Gasteiger charge is 1.17. The van der Waals surface area contributed by atoms with E-state index in [-0.39, 0.29) is 0 Å². The molecule has 0 aliphatic rings. The summed E-state index contributed by atoms with van der Waals surface area (Å²) in [6, 6.07) is 0. The molecular formula is CH8NO2P. The van der Waals surface area contributed by atoms with E-state index < -0.39 is 8.69 Å². The van der Waals surface area contributed by atoms with Gasteiger partial charge in [0.1, 0.15) is 0 Å². The second-order valence-electron chi connectivity index (χ2n) is 0.105. The quantitative estimate of drug-likeness (QED) is 0.390. The van der Waals surface area contributed by atoms with Crippen molar-refractivity contribution < 1.29 is 9.46 Å². The maximum absolute atomic E-state index is 8.57. The molecule has 0 amide bonds. The lowest BCUT2D eigenvalue weighted by atomic mass is 11.6. The third kappa shape index (κ3) is 853. The van der Waals surface area contributed by atoms with Crippen molar-refractivity contribution in [1.82, 2.24) is 0 Å². The van der Waals surface area contributed by atoms with E-state index in [1.807, 2.05) is 0 Å². The van der Waals surface area contributed by atoms with Crippen LogP contribution < -0.4 is 5.73 Å². The minimum absolute atomic E-state index is 1.50. The monoisotopic (exact) mass is 97.0 g/mol. The standard InChI is InChI=1S/CH5N.H3O2P/c1-2;1-3-2/h2H2,1H3;3H2,(H,1,2).